The average Bonchev–Trinajstić information content (AvgIpc) is 2.77. The number of nitrogens with zero attached hydrogens (tertiary/aromatic N) is 1. The fourth-order valence-corrected chi connectivity index (χ4v) is 3.37. The molecule has 0 saturated carbocycles. The number of amides is 1. The molecule has 0 aliphatic carbocycles. The van der Waals surface area contributed by atoms with E-state index in [-0.39, 0.29) is 6.04 Å². The van der Waals surface area contributed by atoms with Crippen LogP contribution in [0.4, 0.5) is 4.79 Å². The van der Waals surface area contributed by atoms with Crippen molar-refractivity contribution in [2.45, 2.75) is 46.3 Å². The first-order valence-corrected chi connectivity index (χ1v) is 11.5. The van der Waals surface area contributed by atoms with E-state index in [1.54, 1.807) is 0 Å². The maximum absolute atomic E-state index is 11.9. The number of rotatable bonds is 4. The number of nitrogens with one attached hydrogen (secondary N) is 1. The van der Waals surface area contributed by atoms with E-state index < -0.39 is 11.7 Å². The van der Waals surface area contributed by atoms with E-state index in [4.69, 9.17) is 16.3 Å². The number of aromatic nitrogens is 1. The summed E-state index contributed by atoms with van der Waals surface area (Å²) in [7, 11) is 0. The van der Waals surface area contributed by atoms with Gasteiger partial charge in [-0.25, -0.2) is 9.78 Å². The highest BCUT2D eigenvalue weighted by Crippen LogP contribution is 2.21. The molecule has 4 nitrogen and oxygen atoms in total. The second kappa shape index (κ2) is 11.0. The monoisotopic (exact) mass is 472 g/mol. The van der Waals surface area contributed by atoms with Gasteiger partial charge in [-0.1, -0.05) is 53.9 Å². The summed E-state index contributed by atoms with van der Waals surface area (Å²) in [5, 5.41) is 3.54. The van der Waals surface area contributed by atoms with Crippen molar-refractivity contribution >= 4 is 23.3 Å². The van der Waals surface area contributed by atoms with Crippen molar-refractivity contribution in [2.24, 2.45) is 0 Å². The lowest BCUT2D eigenvalue weighted by Crippen LogP contribution is -2.36. The molecule has 1 N–H and O–H groups in total. The van der Waals surface area contributed by atoms with E-state index in [1.165, 1.54) is 0 Å². The van der Waals surface area contributed by atoms with Crippen molar-refractivity contribution < 1.29 is 9.53 Å². The number of halogens is 1. The Morgan fingerprint density at radius 3 is 2.24 bits per heavy atom. The fourth-order valence-electron chi connectivity index (χ4n) is 3.24. The normalized spacial score (nSPS) is 12.4. The number of allylic oxidation sites excluding steroid dienone is 1. The van der Waals surface area contributed by atoms with Gasteiger partial charge in [0.25, 0.3) is 0 Å². The molecule has 2 aromatic carbocycles. The summed E-state index contributed by atoms with van der Waals surface area (Å²) in [6.07, 6.45) is 3.39. The van der Waals surface area contributed by atoms with Crippen LogP contribution in [0, 0.1) is 11.8 Å². The Labute approximate surface area is 207 Å². The van der Waals surface area contributed by atoms with Crippen molar-refractivity contribution in [2.75, 3.05) is 0 Å². The number of alkyl carbamates (subject to hydrolysis) is 1. The highest BCUT2D eigenvalue weighted by atomic mass is 35.5. The minimum atomic E-state index is -0.520. The average molecular weight is 473 g/mol. The van der Waals surface area contributed by atoms with Gasteiger partial charge in [-0.15, -0.1) is 0 Å². The van der Waals surface area contributed by atoms with E-state index in [0.717, 1.165) is 27.8 Å². The predicted molar refractivity (Wildman–Crippen MR) is 140 cm³/mol. The first-order valence-electron chi connectivity index (χ1n) is 11.1. The van der Waals surface area contributed by atoms with Crippen molar-refractivity contribution in [3.05, 3.63) is 94.8 Å². The lowest BCUT2D eigenvalue weighted by atomic mass is 10.0. The van der Waals surface area contributed by atoms with Crippen LogP contribution >= 0.6 is 11.6 Å². The van der Waals surface area contributed by atoms with Gasteiger partial charge in [0.15, 0.2) is 0 Å². The first-order chi connectivity index (χ1) is 16.1. The topological polar surface area (TPSA) is 51.2 Å². The van der Waals surface area contributed by atoms with Crippen LogP contribution in [0.1, 0.15) is 51.4 Å². The minimum absolute atomic E-state index is 0.156. The summed E-state index contributed by atoms with van der Waals surface area (Å²) in [6, 6.07) is 19.4. The Kier molecular flexibility index (Phi) is 8.15. The summed E-state index contributed by atoms with van der Waals surface area (Å²) >= 11 is 5.95. The van der Waals surface area contributed by atoms with Gasteiger partial charge in [0, 0.05) is 28.4 Å². The van der Waals surface area contributed by atoms with Gasteiger partial charge < -0.3 is 10.1 Å². The van der Waals surface area contributed by atoms with E-state index in [1.807, 2.05) is 108 Å². The number of hydrogen-bond acceptors (Lipinski definition) is 3. The van der Waals surface area contributed by atoms with Gasteiger partial charge in [-0.2, -0.15) is 0 Å². The molecule has 0 aliphatic heterocycles. The zero-order valence-electron chi connectivity index (χ0n) is 20.1. The van der Waals surface area contributed by atoms with E-state index in [0.29, 0.717) is 10.7 Å². The second-order valence-electron chi connectivity index (χ2n) is 9.05. The molecular weight excluding hydrogens is 444 g/mol. The third-order valence-electron chi connectivity index (χ3n) is 4.86. The molecule has 3 aromatic rings. The smallest absolute Gasteiger partial charge is 0.408 e. The summed E-state index contributed by atoms with van der Waals surface area (Å²) in [5.74, 6) is 6.27. The van der Waals surface area contributed by atoms with Crippen molar-refractivity contribution in [3.8, 4) is 23.0 Å². The molecule has 0 radical (unpaired) electrons. The maximum Gasteiger partial charge on any atom is 0.408 e. The lowest BCUT2D eigenvalue weighted by molar-refractivity contribution is 0.0518. The Morgan fingerprint density at radius 1 is 1.00 bits per heavy atom. The molecule has 0 spiro atoms. The van der Waals surface area contributed by atoms with Crippen LogP contribution in [0.15, 0.2) is 72.9 Å². The molecule has 3 rings (SSSR count). The molecule has 0 fully saturated rings. The molecule has 34 heavy (non-hydrogen) atoms. The molecule has 0 unspecified atom stereocenters. The number of ether oxygens (including phenoxy) is 1. The van der Waals surface area contributed by atoms with Gasteiger partial charge in [-0.05, 0) is 87.6 Å². The number of benzene rings is 2. The molecule has 0 bridgehead atoms. The third kappa shape index (κ3) is 7.79. The zero-order chi connectivity index (χ0) is 24.7. The molecule has 174 valence electrons. The van der Waals surface area contributed by atoms with Crippen LogP contribution in [-0.2, 0) is 4.74 Å². The van der Waals surface area contributed by atoms with Crippen LogP contribution in [0.5, 0.6) is 0 Å². The standard InChI is InChI=1S/C29H29ClN2O2/c1-20(18-21(2)32-28(33)34-29(3,4)5)23-9-6-22(7-10-23)8-16-27-17-13-25(19-31-27)24-11-14-26(30)15-12-24/h6-7,9-15,17-19,21H,1-5H3,(H,32,33)/t21-/m1/s1. The van der Waals surface area contributed by atoms with E-state index >= 15 is 0 Å². The molecule has 0 saturated heterocycles. The maximum atomic E-state index is 11.9. The summed E-state index contributed by atoms with van der Waals surface area (Å²) in [6.45, 7) is 9.46. The SMILES string of the molecule is CC(=C[C@@H](C)NC(=O)OC(C)(C)C)c1ccc(C#Cc2ccc(-c3ccc(Cl)cc3)cn2)cc1. The summed E-state index contributed by atoms with van der Waals surface area (Å²) in [4.78, 5) is 16.4. The summed E-state index contributed by atoms with van der Waals surface area (Å²) in [5.41, 5.74) is 5.29. The molecule has 0 aliphatic rings. The molecule has 1 aromatic heterocycles. The van der Waals surface area contributed by atoms with Crippen LogP contribution < -0.4 is 5.32 Å². The van der Waals surface area contributed by atoms with Crippen molar-refractivity contribution in [1.82, 2.24) is 10.3 Å². The number of pyridine rings is 1. The Hall–Kier alpha value is -3.55. The van der Waals surface area contributed by atoms with Gasteiger partial charge in [-0.3, -0.25) is 0 Å². The molecule has 1 heterocycles. The van der Waals surface area contributed by atoms with Crippen LogP contribution in [0.3, 0.4) is 0 Å². The molecular formula is C29H29ClN2O2. The van der Waals surface area contributed by atoms with Crippen LogP contribution in [-0.4, -0.2) is 22.7 Å². The van der Waals surface area contributed by atoms with Crippen LogP contribution in [0.2, 0.25) is 5.02 Å². The van der Waals surface area contributed by atoms with E-state index in [2.05, 4.69) is 22.1 Å². The van der Waals surface area contributed by atoms with Crippen molar-refractivity contribution in [3.63, 3.8) is 0 Å². The Bertz CT molecular complexity index is 1210. The Morgan fingerprint density at radius 2 is 1.65 bits per heavy atom. The number of hydrogen-bond donors (Lipinski definition) is 1. The van der Waals surface area contributed by atoms with Gasteiger partial charge in [0.2, 0.25) is 0 Å². The number of carbonyl (C=O) groups is 1. The minimum Gasteiger partial charge on any atom is -0.444 e. The highest BCUT2D eigenvalue weighted by molar-refractivity contribution is 6.30. The largest absolute Gasteiger partial charge is 0.444 e. The molecule has 5 heteroatoms. The first kappa shape index (κ1) is 25.1. The van der Waals surface area contributed by atoms with E-state index in [9.17, 15) is 4.79 Å². The van der Waals surface area contributed by atoms with Gasteiger partial charge >= 0.3 is 6.09 Å². The Balaban J connectivity index is 1.62. The number of carbonyl (C=O) groups excluding carboxylic acids is 1. The van der Waals surface area contributed by atoms with Crippen molar-refractivity contribution in [1.29, 1.82) is 0 Å². The third-order valence-corrected chi connectivity index (χ3v) is 5.11. The highest BCUT2D eigenvalue weighted by Gasteiger charge is 2.17. The second-order valence-corrected chi connectivity index (χ2v) is 9.49. The quantitative estimate of drug-likeness (QED) is 0.411. The summed E-state index contributed by atoms with van der Waals surface area (Å²) < 4.78 is 5.30. The van der Waals surface area contributed by atoms with Gasteiger partial charge in [0.1, 0.15) is 11.3 Å². The lowest BCUT2D eigenvalue weighted by Gasteiger charge is -2.21. The molecule has 1 amide bonds. The van der Waals surface area contributed by atoms with Crippen LogP contribution in [0.25, 0.3) is 16.7 Å². The predicted octanol–water partition coefficient (Wildman–Crippen LogP) is 7.12. The zero-order valence-corrected chi connectivity index (χ0v) is 20.9. The molecule has 1 atom stereocenters. The fraction of sp³-hybridized carbons (Fsp3) is 0.241. The van der Waals surface area contributed by atoms with Gasteiger partial charge in [0.05, 0.1) is 0 Å².